The van der Waals surface area contributed by atoms with Crippen molar-refractivity contribution in [2.24, 2.45) is 5.92 Å². The van der Waals surface area contributed by atoms with Gasteiger partial charge in [0.2, 0.25) is 0 Å². The molecule has 0 spiro atoms. The number of likely N-dealkylation sites (tertiary alicyclic amines) is 1. The molecule has 6 nitrogen and oxygen atoms in total. The first-order chi connectivity index (χ1) is 11.7. The summed E-state index contributed by atoms with van der Waals surface area (Å²) in [6.07, 6.45) is 3.78. The lowest BCUT2D eigenvalue weighted by Gasteiger charge is -2.32. The Morgan fingerprint density at radius 2 is 2.25 bits per heavy atom. The monoisotopic (exact) mass is 326 g/mol. The maximum Gasteiger partial charge on any atom is 0.271 e. The van der Waals surface area contributed by atoms with Gasteiger partial charge in [-0.25, -0.2) is 0 Å². The molecule has 0 aliphatic carbocycles. The Morgan fingerprint density at radius 1 is 1.33 bits per heavy atom. The molecule has 0 radical (unpaired) electrons. The van der Waals surface area contributed by atoms with Crippen LogP contribution in [0.4, 0.5) is 0 Å². The first-order valence-corrected chi connectivity index (χ1v) is 8.27. The highest BCUT2D eigenvalue weighted by Gasteiger charge is 2.21. The summed E-state index contributed by atoms with van der Waals surface area (Å²) in [4.78, 5) is 14.4. The molecule has 1 aliphatic heterocycles. The molecule has 24 heavy (non-hydrogen) atoms. The molecule has 1 saturated heterocycles. The van der Waals surface area contributed by atoms with Gasteiger partial charge in [0.1, 0.15) is 5.75 Å². The zero-order valence-electron chi connectivity index (χ0n) is 13.6. The van der Waals surface area contributed by atoms with Gasteiger partial charge in [0.25, 0.3) is 5.91 Å². The van der Waals surface area contributed by atoms with Gasteiger partial charge in [-0.05, 0) is 55.1 Å². The van der Waals surface area contributed by atoms with E-state index in [1.165, 1.54) is 0 Å². The number of benzene rings is 1. The average molecular weight is 326 g/mol. The highest BCUT2D eigenvalue weighted by Crippen LogP contribution is 2.19. The Balaban J connectivity index is 1.49. The Hall–Kier alpha value is -2.47. The number of amides is 1. The molecular formula is C18H22N4O2. The molecule has 1 fully saturated rings. The average Bonchev–Trinajstić information content (AvgIpc) is 2.61. The van der Waals surface area contributed by atoms with Crippen LogP contribution in [0.3, 0.4) is 0 Å². The van der Waals surface area contributed by atoms with Gasteiger partial charge < -0.3 is 10.4 Å². The molecule has 1 atom stereocenters. The standard InChI is InChI=1S/C18H22N4O2/c23-16-6-1-4-14(10-16)12-22-9-3-5-15(13-22)11-19-18(24)17-7-2-8-20-21-17/h1-2,4,6-8,10,15,23H,3,5,9,11-13H2,(H,19,24). The molecule has 3 rings (SSSR count). The SMILES string of the molecule is O=C(NCC1CCCN(Cc2cccc(O)c2)C1)c1cccnn1. The number of nitrogens with one attached hydrogen (secondary N) is 1. The van der Waals surface area contributed by atoms with E-state index in [0.29, 0.717) is 23.9 Å². The molecular weight excluding hydrogens is 304 g/mol. The molecule has 1 aliphatic rings. The van der Waals surface area contributed by atoms with E-state index in [9.17, 15) is 9.90 Å². The molecule has 1 unspecified atom stereocenters. The summed E-state index contributed by atoms with van der Waals surface area (Å²) >= 11 is 0. The fourth-order valence-corrected chi connectivity index (χ4v) is 3.12. The molecule has 1 aromatic heterocycles. The number of carbonyl (C=O) groups is 1. The number of hydrogen-bond donors (Lipinski definition) is 2. The second-order valence-corrected chi connectivity index (χ2v) is 6.23. The molecule has 1 aromatic carbocycles. The smallest absolute Gasteiger partial charge is 0.271 e. The Bertz CT molecular complexity index is 678. The highest BCUT2D eigenvalue weighted by molar-refractivity contribution is 5.91. The predicted octanol–water partition coefficient (Wildman–Crippen LogP) is 1.82. The van der Waals surface area contributed by atoms with Crippen molar-refractivity contribution in [1.29, 1.82) is 0 Å². The van der Waals surface area contributed by atoms with E-state index in [4.69, 9.17) is 0 Å². The minimum atomic E-state index is -0.173. The molecule has 1 amide bonds. The number of nitrogens with zero attached hydrogens (tertiary/aromatic N) is 3. The first-order valence-electron chi connectivity index (χ1n) is 8.27. The number of phenols is 1. The van der Waals surface area contributed by atoms with Crippen LogP contribution in [0.2, 0.25) is 0 Å². The van der Waals surface area contributed by atoms with Gasteiger partial charge in [-0.15, -0.1) is 5.10 Å². The minimum Gasteiger partial charge on any atom is -0.508 e. The van der Waals surface area contributed by atoms with Gasteiger partial charge in [-0.3, -0.25) is 9.69 Å². The summed E-state index contributed by atoms with van der Waals surface area (Å²) in [6, 6.07) is 10.8. The van der Waals surface area contributed by atoms with E-state index in [0.717, 1.165) is 38.0 Å². The van der Waals surface area contributed by atoms with Crippen LogP contribution in [0.1, 0.15) is 28.9 Å². The largest absolute Gasteiger partial charge is 0.508 e. The van der Waals surface area contributed by atoms with Crippen LogP contribution in [-0.2, 0) is 6.54 Å². The third-order valence-corrected chi connectivity index (χ3v) is 4.28. The molecule has 6 heteroatoms. The van der Waals surface area contributed by atoms with E-state index < -0.39 is 0 Å². The van der Waals surface area contributed by atoms with E-state index in [2.05, 4.69) is 20.4 Å². The Labute approximate surface area is 141 Å². The van der Waals surface area contributed by atoms with Crippen LogP contribution >= 0.6 is 0 Å². The van der Waals surface area contributed by atoms with Crippen LogP contribution in [-0.4, -0.2) is 45.7 Å². The van der Waals surface area contributed by atoms with Gasteiger partial charge >= 0.3 is 0 Å². The van der Waals surface area contributed by atoms with Crippen LogP contribution < -0.4 is 5.32 Å². The summed E-state index contributed by atoms with van der Waals surface area (Å²) in [6.45, 7) is 3.45. The van der Waals surface area contributed by atoms with Crippen molar-refractivity contribution in [1.82, 2.24) is 20.4 Å². The fourth-order valence-electron chi connectivity index (χ4n) is 3.12. The maximum atomic E-state index is 12.0. The summed E-state index contributed by atoms with van der Waals surface area (Å²) in [7, 11) is 0. The van der Waals surface area contributed by atoms with Crippen LogP contribution in [0.15, 0.2) is 42.6 Å². The van der Waals surface area contributed by atoms with E-state index in [1.807, 2.05) is 12.1 Å². The van der Waals surface area contributed by atoms with Crippen molar-refractivity contribution >= 4 is 5.91 Å². The van der Waals surface area contributed by atoms with E-state index >= 15 is 0 Å². The van der Waals surface area contributed by atoms with Crippen molar-refractivity contribution in [3.8, 4) is 5.75 Å². The molecule has 0 bridgehead atoms. The number of aromatic hydroxyl groups is 1. The molecule has 2 heterocycles. The van der Waals surface area contributed by atoms with E-state index in [1.54, 1.807) is 30.5 Å². The highest BCUT2D eigenvalue weighted by atomic mass is 16.3. The fraction of sp³-hybridized carbons (Fsp3) is 0.389. The van der Waals surface area contributed by atoms with Crippen molar-refractivity contribution in [3.05, 3.63) is 53.9 Å². The van der Waals surface area contributed by atoms with Gasteiger partial charge in [0, 0.05) is 25.8 Å². The Morgan fingerprint density at radius 3 is 3.04 bits per heavy atom. The Kier molecular flexibility index (Phi) is 5.38. The topological polar surface area (TPSA) is 78.4 Å². The lowest BCUT2D eigenvalue weighted by Crippen LogP contribution is -2.40. The van der Waals surface area contributed by atoms with Crippen LogP contribution in [0.25, 0.3) is 0 Å². The summed E-state index contributed by atoms with van der Waals surface area (Å²) in [5.41, 5.74) is 1.46. The lowest BCUT2D eigenvalue weighted by molar-refractivity contribution is 0.0924. The summed E-state index contributed by atoms with van der Waals surface area (Å²) in [5, 5.41) is 20.1. The second kappa shape index (κ2) is 7.88. The third-order valence-electron chi connectivity index (χ3n) is 4.28. The third kappa shape index (κ3) is 4.52. The number of aromatic nitrogens is 2. The van der Waals surface area contributed by atoms with Crippen molar-refractivity contribution in [2.45, 2.75) is 19.4 Å². The van der Waals surface area contributed by atoms with Crippen molar-refractivity contribution in [2.75, 3.05) is 19.6 Å². The molecule has 126 valence electrons. The second-order valence-electron chi connectivity index (χ2n) is 6.23. The van der Waals surface area contributed by atoms with Crippen LogP contribution in [0, 0.1) is 5.92 Å². The van der Waals surface area contributed by atoms with Crippen molar-refractivity contribution < 1.29 is 9.90 Å². The number of rotatable bonds is 5. The number of carbonyl (C=O) groups excluding carboxylic acids is 1. The number of piperidine rings is 1. The first kappa shape index (κ1) is 16.4. The number of hydrogen-bond acceptors (Lipinski definition) is 5. The molecule has 0 saturated carbocycles. The molecule has 2 aromatic rings. The van der Waals surface area contributed by atoms with Gasteiger partial charge in [0.05, 0.1) is 0 Å². The lowest BCUT2D eigenvalue weighted by atomic mass is 9.97. The van der Waals surface area contributed by atoms with Gasteiger partial charge in [0.15, 0.2) is 5.69 Å². The van der Waals surface area contributed by atoms with Gasteiger partial charge in [-0.1, -0.05) is 12.1 Å². The number of phenolic OH excluding ortho intramolecular Hbond substituents is 1. The molecule has 2 N–H and O–H groups in total. The minimum absolute atomic E-state index is 0.173. The summed E-state index contributed by atoms with van der Waals surface area (Å²) < 4.78 is 0. The summed E-state index contributed by atoms with van der Waals surface area (Å²) in [5.74, 6) is 0.558. The maximum absolute atomic E-state index is 12.0. The predicted molar refractivity (Wildman–Crippen MR) is 90.5 cm³/mol. The normalized spacial score (nSPS) is 18.2. The van der Waals surface area contributed by atoms with Crippen LogP contribution in [0.5, 0.6) is 5.75 Å². The van der Waals surface area contributed by atoms with E-state index in [-0.39, 0.29) is 5.91 Å². The zero-order chi connectivity index (χ0) is 16.8. The zero-order valence-corrected chi connectivity index (χ0v) is 13.6. The van der Waals surface area contributed by atoms with Gasteiger partial charge in [-0.2, -0.15) is 5.10 Å². The van der Waals surface area contributed by atoms with Crippen molar-refractivity contribution in [3.63, 3.8) is 0 Å². The quantitative estimate of drug-likeness (QED) is 0.876.